The van der Waals surface area contributed by atoms with Gasteiger partial charge in [0.05, 0.1) is 6.20 Å². The summed E-state index contributed by atoms with van der Waals surface area (Å²) in [5.74, 6) is 1.45. The van der Waals surface area contributed by atoms with E-state index in [9.17, 15) is 0 Å². The number of nitrogens with zero attached hydrogens (tertiary/aromatic N) is 5. The van der Waals surface area contributed by atoms with Crippen molar-refractivity contribution in [2.24, 2.45) is 0 Å². The third-order valence-electron chi connectivity index (χ3n) is 4.07. The first-order valence-electron chi connectivity index (χ1n) is 8.10. The number of hydrogen-bond donors (Lipinski definition) is 1. The van der Waals surface area contributed by atoms with Crippen LogP contribution in [0.2, 0.25) is 0 Å². The lowest BCUT2D eigenvalue weighted by Crippen LogP contribution is -2.25. The second kappa shape index (κ2) is 6.91. The molecule has 3 rings (SSSR count). The van der Waals surface area contributed by atoms with Gasteiger partial charge in [-0.05, 0) is 52.0 Å². The van der Waals surface area contributed by atoms with Crippen LogP contribution in [-0.4, -0.2) is 53.3 Å². The van der Waals surface area contributed by atoms with E-state index in [1.807, 2.05) is 0 Å². The minimum atomic E-state index is 0.380. The number of hydrogen-bond acceptors (Lipinski definition) is 6. The van der Waals surface area contributed by atoms with Crippen molar-refractivity contribution in [1.82, 2.24) is 20.1 Å². The lowest BCUT2D eigenvalue weighted by Gasteiger charge is -2.23. The molecule has 0 aliphatic carbocycles. The van der Waals surface area contributed by atoms with Crippen LogP contribution in [0.5, 0.6) is 0 Å². The fourth-order valence-corrected chi connectivity index (χ4v) is 3.00. The summed E-state index contributed by atoms with van der Waals surface area (Å²) in [5, 5.41) is 11.5. The molecule has 1 unspecified atom stereocenters. The first kappa shape index (κ1) is 15.7. The second-order valence-electron chi connectivity index (χ2n) is 6.27. The van der Waals surface area contributed by atoms with E-state index >= 15 is 0 Å². The average molecular weight is 312 g/mol. The molecule has 1 aromatic carbocycles. The Hall–Kier alpha value is -2.21. The molecule has 1 atom stereocenters. The second-order valence-corrected chi connectivity index (χ2v) is 6.27. The van der Waals surface area contributed by atoms with Gasteiger partial charge in [0.15, 0.2) is 5.82 Å². The largest absolute Gasteiger partial charge is 0.353 e. The quantitative estimate of drug-likeness (QED) is 0.826. The van der Waals surface area contributed by atoms with E-state index in [0.717, 1.165) is 31.7 Å². The fourth-order valence-electron chi connectivity index (χ4n) is 3.00. The maximum absolute atomic E-state index is 4.65. The molecule has 0 radical (unpaired) electrons. The number of anilines is 3. The van der Waals surface area contributed by atoms with E-state index in [0.29, 0.717) is 12.0 Å². The van der Waals surface area contributed by atoms with Gasteiger partial charge < -0.3 is 15.1 Å². The maximum atomic E-state index is 4.65. The van der Waals surface area contributed by atoms with Crippen molar-refractivity contribution < 1.29 is 0 Å². The van der Waals surface area contributed by atoms with Crippen molar-refractivity contribution in [1.29, 1.82) is 0 Å². The van der Waals surface area contributed by atoms with Crippen LogP contribution in [-0.2, 0) is 6.42 Å². The molecule has 0 amide bonds. The Morgan fingerprint density at radius 2 is 2.13 bits per heavy atom. The van der Waals surface area contributed by atoms with Gasteiger partial charge in [0.25, 0.3) is 0 Å². The molecule has 0 spiro atoms. The summed E-state index contributed by atoms with van der Waals surface area (Å²) in [7, 11) is 4.15. The van der Waals surface area contributed by atoms with Crippen LogP contribution in [0.4, 0.5) is 17.5 Å². The molecule has 6 heteroatoms. The minimum Gasteiger partial charge on any atom is -0.353 e. The molecule has 1 aromatic heterocycles. The summed E-state index contributed by atoms with van der Waals surface area (Å²) in [6.45, 7) is 4.10. The van der Waals surface area contributed by atoms with Crippen molar-refractivity contribution in [3.8, 4) is 0 Å². The highest BCUT2D eigenvalue weighted by Crippen LogP contribution is 2.36. The Bertz CT molecular complexity index is 657. The lowest BCUT2D eigenvalue weighted by atomic mass is 10.1. The zero-order valence-electron chi connectivity index (χ0n) is 14.0. The van der Waals surface area contributed by atoms with Crippen LogP contribution in [0.1, 0.15) is 18.9 Å². The highest BCUT2D eigenvalue weighted by molar-refractivity contribution is 5.68. The van der Waals surface area contributed by atoms with Crippen molar-refractivity contribution in [2.45, 2.75) is 25.8 Å². The van der Waals surface area contributed by atoms with E-state index < -0.39 is 0 Å². The molecule has 122 valence electrons. The smallest absolute Gasteiger partial charge is 0.244 e. The van der Waals surface area contributed by atoms with E-state index in [1.54, 1.807) is 6.20 Å². The molecular weight excluding hydrogens is 288 g/mol. The fraction of sp³-hybridized carbons (Fsp3) is 0.471. The molecule has 1 aliphatic rings. The van der Waals surface area contributed by atoms with E-state index in [2.05, 4.69) is 75.6 Å². The topological polar surface area (TPSA) is 57.2 Å². The first-order chi connectivity index (χ1) is 11.1. The van der Waals surface area contributed by atoms with Gasteiger partial charge in [-0.25, -0.2) is 0 Å². The standard InChI is InChI=1S/C17H24N6/c1-13-11-14-7-4-5-8-15(14)23(13)16-12-19-21-17(20-16)18-9-6-10-22(2)3/h4-5,7-8,12-13H,6,9-11H2,1-3H3,(H,18,20,21). The molecular formula is C17H24N6. The highest BCUT2D eigenvalue weighted by atomic mass is 15.3. The lowest BCUT2D eigenvalue weighted by molar-refractivity contribution is 0.405. The SMILES string of the molecule is CC1Cc2ccccc2N1c1cnnc(NCCCN(C)C)n1. The first-order valence-corrected chi connectivity index (χ1v) is 8.10. The van der Waals surface area contributed by atoms with Gasteiger partial charge in [-0.3, -0.25) is 0 Å². The Kier molecular flexibility index (Phi) is 4.71. The maximum Gasteiger partial charge on any atom is 0.244 e. The van der Waals surface area contributed by atoms with Crippen LogP contribution in [0.25, 0.3) is 0 Å². The third kappa shape index (κ3) is 3.59. The van der Waals surface area contributed by atoms with Crippen LogP contribution < -0.4 is 10.2 Å². The van der Waals surface area contributed by atoms with Gasteiger partial charge in [0, 0.05) is 18.3 Å². The molecule has 2 heterocycles. The zero-order chi connectivity index (χ0) is 16.2. The van der Waals surface area contributed by atoms with Crippen LogP contribution in [0.3, 0.4) is 0 Å². The molecule has 0 bridgehead atoms. The average Bonchev–Trinajstić information content (AvgIpc) is 2.87. The van der Waals surface area contributed by atoms with Gasteiger partial charge in [-0.1, -0.05) is 18.2 Å². The zero-order valence-corrected chi connectivity index (χ0v) is 14.0. The molecule has 0 fully saturated rings. The van der Waals surface area contributed by atoms with Gasteiger partial charge in [0.1, 0.15) is 0 Å². The molecule has 23 heavy (non-hydrogen) atoms. The number of aromatic nitrogens is 3. The van der Waals surface area contributed by atoms with Crippen LogP contribution in [0, 0.1) is 0 Å². The summed E-state index contributed by atoms with van der Waals surface area (Å²) in [6.07, 6.45) is 3.82. The molecule has 2 aromatic rings. The predicted molar refractivity (Wildman–Crippen MR) is 93.2 cm³/mol. The third-order valence-corrected chi connectivity index (χ3v) is 4.07. The summed E-state index contributed by atoms with van der Waals surface area (Å²) < 4.78 is 0. The van der Waals surface area contributed by atoms with Crippen molar-refractivity contribution in [2.75, 3.05) is 37.4 Å². The number of rotatable bonds is 6. The van der Waals surface area contributed by atoms with Crippen LogP contribution >= 0.6 is 0 Å². The van der Waals surface area contributed by atoms with E-state index in [4.69, 9.17) is 0 Å². The van der Waals surface area contributed by atoms with Gasteiger partial charge >= 0.3 is 0 Å². The Balaban J connectivity index is 1.72. The monoisotopic (exact) mass is 312 g/mol. The summed E-state index contributed by atoms with van der Waals surface area (Å²) in [6, 6.07) is 8.86. The normalized spacial score (nSPS) is 16.7. The summed E-state index contributed by atoms with van der Waals surface area (Å²) in [4.78, 5) is 9.06. The predicted octanol–water partition coefficient (Wildman–Crippen LogP) is 2.32. The molecule has 1 N–H and O–H groups in total. The van der Waals surface area contributed by atoms with Gasteiger partial charge in [-0.2, -0.15) is 10.1 Å². The number of benzene rings is 1. The van der Waals surface area contributed by atoms with Crippen molar-refractivity contribution in [3.63, 3.8) is 0 Å². The van der Waals surface area contributed by atoms with E-state index in [1.165, 1.54) is 11.3 Å². The summed E-state index contributed by atoms with van der Waals surface area (Å²) in [5.41, 5.74) is 2.58. The molecule has 0 saturated heterocycles. The Labute approximate surface area is 137 Å². The molecule has 6 nitrogen and oxygen atoms in total. The number of para-hydroxylation sites is 1. The number of nitrogens with one attached hydrogen (secondary N) is 1. The Morgan fingerprint density at radius 1 is 1.30 bits per heavy atom. The highest BCUT2D eigenvalue weighted by Gasteiger charge is 2.28. The molecule has 0 saturated carbocycles. The van der Waals surface area contributed by atoms with E-state index in [-0.39, 0.29) is 0 Å². The molecule has 1 aliphatic heterocycles. The minimum absolute atomic E-state index is 0.380. The number of fused-ring (bicyclic) bond motifs is 1. The van der Waals surface area contributed by atoms with Gasteiger partial charge in [0.2, 0.25) is 5.95 Å². The van der Waals surface area contributed by atoms with Gasteiger partial charge in [-0.15, -0.1) is 5.10 Å². The Morgan fingerprint density at radius 3 is 2.96 bits per heavy atom. The van der Waals surface area contributed by atoms with Crippen molar-refractivity contribution in [3.05, 3.63) is 36.0 Å². The van der Waals surface area contributed by atoms with Crippen molar-refractivity contribution >= 4 is 17.5 Å². The van der Waals surface area contributed by atoms with Crippen LogP contribution in [0.15, 0.2) is 30.5 Å². The summed E-state index contributed by atoms with van der Waals surface area (Å²) >= 11 is 0.